The van der Waals surface area contributed by atoms with Gasteiger partial charge in [0.1, 0.15) is 5.82 Å². The minimum Gasteiger partial charge on any atom is -0.356 e. The van der Waals surface area contributed by atoms with E-state index in [0.717, 1.165) is 0 Å². The van der Waals surface area contributed by atoms with Gasteiger partial charge in [-0.25, -0.2) is 12.8 Å². The molecule has 1 heterocycles. The van der Waals surface area contributed by atoms with Crippen LogP contribution >= 0.6 is 11.3 Å². The van der Waals surface area contributed by atoms with E-state index in [1.165, 1.54) is 29.3 Å². The number of halogens is 1. The van der Waals surface area contributed by atoms with Crippen molar-refractivity contribution >= 4 is 27.1 Å². The van der Waals surface area contributed by atoms with E-state index >= 15 is 0 Å². The fraction of sp³-hybridized carbons (Fsp3) is 0.389. The van der Waals surface area contributed by atoms with Crippen LogP contribution < -0.4 is 10.6 Å². The van der Waals surface area contributed by atoms with Gasteiger partial charge in [0.05, 0.1) is 5.75 Å². The van der Waals surface area contributed by atoms with Gasteiger partial charge >= 0.3 is 0 Å². The molecule has 1 aromatic carbocycles. The zero-order chi connectivity index (χ0) is 19.2. The topological polar surface area (TPSA) is 70.6 Å². The highest BCUT2D eigenvalue weighted by Gasteiger charge is 2.12. The molecule has 1 aromatic heterocycles. The zero-order valence-corrected chi connectivity index (χ0v) is 16.8. The molecule has 5 nitrogen and oxygen atoms in total. The fourth-order valence-electron chi connectivity index (χ4n) is 2.50. The second-order valence-electron chi connectivity index (χ2n) is 6.21. The van der Waals surface area contributed by atoms with Gasteiger partial charge in [0.25, 0.3) is 0 Å². The van der Waals surface area contributed by atoms with Gasteiger partial charge in [-0.05, 0) is 34.7 Å². The number of nitrogens with one attached hydrogen (secondary N) is 2. The third-order valence-corrected chi connectivity index (χ3v) is 5.80. The molecule has 0 amide bonds. The van der Waals surface area contributed by atoms with Crippen LogP contribution in [-0.4, -0.2) is 34.2 Å². The van der Waals surface area contributed by atoms with Crippen LogP contribution in [0.15, 0.2) is 40.7 Å². The van der Waals surface area contributed by atoms with E-state index in [-0.39, 0.29) is 12.3 Å². The maximum Gasteiger partial charge on any atom is 0.191 e. The summed E-state index contributed by atoms with van der Waals surface area (Å²) in [6, 6.07) is 8.27. The highest BCUT2D eigenvalue weighted by Crippen LogP contribution is 2.19. The van der Waals surface area contributed by atoms with Crippen LogP contribution in [-0.2, 0) is 22.1 Å². The van der Waals surface area contributed by atoms with Crippen molar-refractivity contribution < 1.29 is 12.8 Å². The summed E-state index contributed by atoms with van der Waals surface area (Å²) in [5.74, 6) is 0.408. The normalized spacial score (nSPS) is 13.5. The Kier molecular flexibility index (Phi) is 7.16. The molecule has 0 radical (unpaired) electrons. The molecule has 2 N–H and O–H groups in total. The highest BCUT2D eigenvalue weighted by atomic mass is 32.2. The quantitative estimate of drug-likeness (QED) is 0.557. The molecule has 0 saturated heterocycles. The minimum atomic E-state index is -3.20. The number of hydrogen-bond donors (Lipinski definition) is 2. The van der Waals surface area contributed by atoms with Crippen LogP contribution in [0, 0.1) is 5.82 Å². The molecular formula is C18H24FN3O2S2. The maximum atomic E-state index is 13.6. The van der Waals surface area contributed by atoms with Gasteiger partial charge in [-0.2, -0.15) is 0 Å². The number of rotatable bonds is 7. The van der Waals surface area contributed by atoms with Crippen molar-refractivity contribution in [1.82, 2.24) is 10.6 Å². The lowest BCUT2D eigenvalue weighted by molar-refractivity contribution is 0.599. The molecule has 1 unspecified atom stereocenters. The highest BCUT2D eigenvalue weighted by molar-refractivity contribution is 7.89. The van der Waals surface area contributed by atoms with Gasteiger partial charge in [0, 0.05) is 37.2 Å². The van der Waals surface area contributed by atoms with Crippen molar-refractivity contribution in [3.8, 4) is 0 Å². The van der Waals surface area contributed by atoms with E-state index < -0.39 is 15.7 Å². The lowest BCUT2D eigenvalue weighted by Crippen LogP contribution is -2.38. The van der Waals surface area contributed by atoms with Crippen molar-refractivity contribution in [2.24, 2.45) is 4.99 Å². The van der Waals surface area contributed by atoms with E-state index in [0.29, 0.717) is 29.5 Å². The lowest BCUT2D eigenvalue weighted by Gasteiger charge is -2.16. The van der Waals surface area contributed by atoms with Gasteiger partial charge in [0.2, 0.25) is 0 Å². The van der Waals surface area contributed by atoms with Crippen LogP contribution in [0.2, 0.25) is 0 Å². The Labute approximate surface area is 158 Å². The smallest absolute Gasteiger partial charge is 0.191 e. The Balaban J connectivity index is 1.98. The summed E-state index contributed by atoms with van der Waals surface area (Å²) in [4.78, 5) is 5.45. The molecule has 2 rings (SSSR count). The summed E-state index contributed by atoms with van der Waals surface area (Å²) in [5, 5.41) is 8.41. The fourth-order valence-corrected chi connectivity index (χ4v) is 4.14. The largest absolute Gasteiger partial charge is 0.356 e. The van der Waals surface area contributed by atoms with E-state index in [4.69, 9.17) is 0 Å². The minimum absolute atomic E-state index is 0.119. The molecule has 0 spiro atoms. The van der Waals surface area contributed by atoms with Crippen LogP contribution in [0.1, 0.15) is 28.8 Å². The molecule has 1 atom stereocenters. The first-order valence-corrected chi connectivity index (χ1v) is 11.2. The maximum absolute atomic E-state index is 13.6. The first-order chi connectivity index (χ1) is 12.3. The lowest BCUT2D eigenvalue weighted by atomic mass is 10.1. The second kappa shape index (κ2) is 9.14. The van der Waals surface area contributed by atoms with Crippen molar-refractivity contribution in [3.05, 3.63) is 57.5 Å². The zero-order valence-electron chi connectivity index (χ0n) is 15.1. The molecule has 26 heavy (non-hydrogen) atoms. The van der Waals surface area contributed by atoms with E-state index in [9.17, 15) is 12.8 Å². The van der Waals surface area contributed by atoms with Gasteiger partial charge < -0.3 is 10.6 Å². The molecule has 142 valence electrons. The molecule has 0 aliphatic rings. The number of guanidine groups is 1. The van der Waals surface area contributed by atoms with Gasteiger partial charge in [0.15, 0.2) is 15.8 Å². The van der Waals surface area contributed by atoms with Crippen molar-refractivity contribution in [1.29, 1.82) is 0 Å². The Hall–Kier alpha value is -1.93. The predicted molar refractivity (Wildman–Crippen MR) is 106 cm³/mol. The molecule has 0 fully saturated rings. The Morgan fingerprint density at radius 2 is 2.04 bits per heavy atom. The van der Waals surface area contributed by atoms with Crippen LogP contribution in [0.4, 0.5) is 4.39 Å². The average molecular weight is 398 g/mol. The molecular weight excluding hydrogens is 373 g/mol. The average Bonchev–Trinajstić information content (AvgIpc) is 3.10. The first-order valence-electron chi connectivity index (χ1n) is 8.21. The summed E-state index contributed by atoms with van der Waals surface area (Å²) in [5.41, 5.74) is 1.19. The number of benzene rings is 1. The third kappa shape index (κ3) is 6.42. The summed E-state index contributed by atoms with van der Waals surface area (Å²) >= 11 is 1.71. The van der Waals surface area contributed by atoms with Gasteiger partial charge in [-0.15, -0.1) is 11.3 Å². The Bertz CT molecular complexity index is 849. The summed E-state index contributed by atoms with van der Waals surface area (Å²) in [7, 11) is -1.54. The molecule has 2 aromatic rings. The Morgan fingerprint density at radius 3 is 2.65 bits per heavy atom. The standard InChI is InChI=1S/C18H24FN3O2S2/c1-13(17-5-4-8-25-17)10-21-18(20-2)22-11-15-9-16(19)7-6-14(15)12-26(3,23)24/h4-9,13H,10-12H2,1-3H3,(H2,20,21,22). The van der Waals surface area contributed by atoms with Crippen molar-refractivity contribution in [3.63, 3.8) is 0 Å². The first kappa shape index (κ1) is 20.4. The monoisotopic (exact) mass is 397 g/mol. The van der Waals surface area contributed by atoms with Crippen LogP contribution in [0.5, 0.6) is 0 Å². The third-order valence-electron chi connectivity index (χ3n) is 3.86. The molecule has 0 aliphatic carbocycles. The van der Waals surface area contributed by atoms with E-state index in [2.05, 4.69) is 28.6 Å². The molecule has 0 saturated carbocycles. The number of aliphatic imine (C=N–C) groups is 1. The number of sulfone groups is 1. The summed E-state index contributed by atoms with van der Waals surface area (Å²) in [6.07, 6.45) is 1.17. The Morgan fingerprint density at radius 1 is 1.27 bits per heavy atom. The molecule has 0 aliphatic heterocycles. The second-order valence-corrected chi connectivity index (χ2v) is 9.33. The van der Waals surface area contributed by atoms with E-state index in [1.807, 2.05) is 11.4 Å². The molecule has 0 bridgehead atoms. The predicted octanol–water partition coefficient (Wildman–Crippen LogP) is 2.90. The van der Waals surface area contributed by atoms with Crippen molar-refractivity contribution in [2.75, 3.05) is 19.8 Å². The number of hydrogen-bond acceptors (Lipinski definition) is 4. The summed E-state index contributed by atoms with van der Waals surface area (Å²) < 4.78 is 36.7. The van der Waals surface area contributed by atoms with E-state index in [1.54, 1.807) is 18.4 Å². The van der Waals surface area contributed by atoms with Crippen LogP contribution in [0.3, 0.4) is 0 Å². The van der Waals surface area contributed by atoms with Gasteiger partial charge in [-0.3, -0.25) is 4.99 Å². The number of thiophene rings is 1. The number of nitrogens with zero attached hydrogens (tertiary/aromatic N) is 1. The molecule has 8 heteroatoms. The van der Waals surface area contributed by atoms with Crippen molar-refractivity contribution in [2.45, 2.75) is 25.1 Å². The van der Waals surface area contributed by atoms with Gasteiger partial charge in [-0.1, -0.05) is 19.1 Å². The summed E-state index contributed by atoms with van der Waals surface area (Å²) in [6.45, 7) is 3.12. The van der Waals surface area contributed by atoms with Crippen LogP contribution in [0.25, 0.3) is 0 Å². The SMILES string of the molecule is CN=C(NCc1cc(F)ccc1CS(C)(=O)=O)NCC(C)c1cccs1.